The third-order valence-electron chi connectivity index (χ3n) is 4.79. The zero-order chi connectivity index (χ0) is 29.0. The number of nitrogens with two attached hydrogens (primary N) is 1. The number of nitrogens with zero attached hydrogens (tertiary/aromatic N) is 6. The van der Waals surface area contributed by atoms with Crippen molar-refractivity contribution in [3.8, 4) is 0 Å². The van der Waals surface area contributed by atoms with Crippen LogP contribution in [0.3, 0.4) is 0 Å². The lowest BCUT2D eigenvalue weighted by atomic mass is 10.2. The van der Waals surface area contributed by atoms with E-state index < -0.39 is 36.9 Å². The lowest BCUT2D eigenvalue weighted by Crippen LogP contribution is -2.27. The van der Waals surface area contributed by atoms with Crippen LogP contribution in [0, 0.1) is 6.92 Å². The number of urea groups is 1. The van der Waals surface area contributed by atoms with E-state index in [1.54, 1.807) is 13.0 Å². The van der Waals surface area contributed by atoms with Crippen molar-refractivity contribution >= 4 is 72.5 Å². The van der Waals surface area contributed by atoms with Gasteiger partial charge < -0.3 is 21.3 Å². The number of aryl methyl sites for hydroxylation is 1. The highest BCUT2D eigenvalue weighted by atomic mass is 35.5. The molecule has 0 bridgehead atoms. The molecule has 0 saturated carbocycles. The van der Waals surface area contributed by atoms with Gasteiger partial charge in [0, 0.05) is 19.3 Å². The fourth-order valence-corrected chi connectivity index (χ4v) is 4.37. The average Bonchev–Trinajstić information content (AvgIpc) is 2.81. The number of nitrogens with one attached hydrogen (secondary N) is 2. The SMILES string of the molecule is Cc1ccc(/N=N/c2ccc(Nc3nc(Cl)nc(N(C)CCS(=O)(=O)O)n3)cc2NC(N)=O)c(S(=O)(=O)O)c1. The minimum Gasteiger partial charge on any atom is -0.351 e. The first-order valence-corrected chi connectivity index (χ1v) is 14.1. The molecule has 3 aromatic rings. The number of rotatable bonds is 10. The van der Waals surface area contributed by atoms with Crippen LogP contribution in [0.15, 0.2) is 51.5 Å². The summed E-state index contributed by atoms with van der Waals surface area (Å²) in [5.41, 5.74) is 6.17. The smallest absolute Gasteiger partial charge is 0.316 e. The summed E-state index contributed by atoms with van der Waals surface area (Å²) in [6.45, 7) is 1.50. The number of amides is 2. The molecule has 0 fully saturated rings. The Kier molecular flexibility index (Phi) is 8.97. The van der Waals surface area contributed by atoms with E-state index in [9.17, 15) is 26.2 Å². The molecule has 0 radical (unpaired) electrons. The van der Waals surface area contributed by atoms with E-state index >= 15 is 0 Å². The Hall–Kier alpha value is -3.97. The number of halogens is 1. The quantitative estimate of drug-likeness (QED) is 0.167. The van der Waals surface area contributed by atoms with Gasteiger partial charge in [-0.1, -0.05) is 6.07 Å². The Bertz CT molecular complexity index is 1650. The van der Waals surface area contributed by atoms with Crippen LogP contribution in [0.25, 0.3) is 0 Å². The van der Waals surface area contributed by atoms with E-state index in [0.29, 0.717) is 11.3 Å². The maximum Gasteiger partial charge on any atom is 0.316 e. The lowest BCUT2D eigenvalue weighted by Gasteiger charge is -2.17. The number of primary amides is 1. The third-order valence-corrected chi connectivity index (χ3v) is 6.54. The highest BCUT2D eigenvalue weighted by Gasteiger charge is 2.17. The minimum absolute atomic E-state index is 0.00907. The first-order chi connectivity index (χ1) is 18.1. The molecular formula is C20H22ClN9O7S2. The first-order valence-electron chi connectivity index (χ1n) is 10.7. The number of hydrogen-bond acceptors (Lipinski definition) is 12. The van der Waals surface area contributed by atoms with Crippen molar-refractivity contribution in [2.24, 2.45) is 16.0 Å². The Labute approximate surface area is 227 Å². The summed E-state index contributed by atoms with van der Waals surface area (Å²) >= 11 is 5.97. The summed E-state index contributed by atoms with van der Waals surface area (Å²) < 4.78 is 64.0. The summed E-state index contributed by atoms with van der Waals surface area (Å²) in [6.07, 6.45) is 0. The Morgan fingerprint density at radius 3 is 2.36 bits per heavy atom. The molecule has 2 aromatic carbocycles. The van der Waals surface area contributed by atoms with Gasteiger partial charge in [-0.25, -0.2) is 4.79 Å². The Morgan fingerprint density at radius 1 is 1.05 bits per heavy atom. The molecule has 0 atom stereocenters. The molecule has 19 heteroatoms. The largest absolute Gasteiger partial charge is 0.351 e. The summed E-state index contributed by atoms with van der Waals surface area (Å²) in [4.78, 5) is 24.5. The lowest BCUT2D eigenvalue weighted by molar-refractivity contribution is 0.259. The van der Waals surface area contributed by atoms with Crippen LogP contribution in [-0.4, -0.2) is 66.3 Å². The van der Waals surface area contributed by atoms with Crippen LogP contribution < -0.4 is 21.3 Å². The van der Waals surface area contributed by atoms with Crippen LogP contribution in [0.1, 0.15) is 5.56 Å². The van der Waals surface area contributed by atoms with Gasteiger partial charge in [0.05, 0.1) is 11.4 Å². The van der Waals surface area contributed by atoms with E-state index in [1.807, 2.05) is 0 Å². The molecule has 1 aromatic heterocycles. The number of carbonyl (C=O) groups is 1. The van der Waals surface area contributed by atoms with E-state index in [4.69, 9.17) is 21.9 Å². The first kappa shape index (κ1) is 29.6. The molecule has 0 saturated heterocycles. The van der Waals surface area contributed by atoms with Gasteiger partial charge in [0.2, 0.25) is 17.2 Å². The highest BCUT2D eigenvalue weighted by molar-refractivity contribution is 7.86. The van der Waals surface area contributed by atoms with Crippen molar-refractivity contribution in [2.45, 2.75) is 11.8 Å². The average molecular weight is 600 g/mol. The van der Waals surface area contributed by atoms with Gasteiger partial charge in [0.25, 0.3) is 20.2 Å². The van der Waals surface area contributed by atoms with Crippen LogP contribution in [-0.2, 0) is 20.2 Å². The van der Waals surface area contributed by atoms with E-state index in [1.165, 1.54) is 42.3 Å². The van der Waals surface area contributed by atoms with E-state index in [2.05, 4.69) is 35.8 Å². The predicted molar refractivity (Wildman–Crippen MR) is 143 cm³/mol. The molecule has 0 aliphatic rings. The normalized spacial score (nSPS) is 11.9. The Balaban J connectivity index is 1.92. The van der Waals surface area contributed by atoms with Gasteiger partial charge in [0.15, 0.2) is 0 Å². The molecule has 0 unspecified atom stereocenters. The second kappa shape index (κ2) is 11.8. The highest BCUT2D eigenvalue weighted by Crippen LogP contribution is 2.33. The molecule has 0 aliphatic heterocycles. The van der Waals surface area contributed by atoms with Crippen molar-refractivity contribution in [2.75, 3.05) is 34.9 Å². The fourth-order valence-electron chi connectivity index (χ4n) is 3.00. The number of azo groups is 1. The van der Waals surface area contributed by atoms with Crippen molar-refractivity contribution in [3.05, 3.63) is 47.2 Å². The van der Waals surface area contributed by atoms with Crippen LogP contribution in [0.5, 0.6) is 0 Å². The third kappa shape index (κ3) is 8.79. The van der Waals surface area contributed by atoms with Crippen LogP contribution in [0.4, 0.5) is 39.4 Å². The van der Waals surface area contributed by atoms with E-state index in [-0.39, 0.29) is 40.8 Å². The molecule has 208 valence electrons. The summed E-state index contributed by atoms with van der Waals surface area (Å²) in [7, 11) is -7.32. The van der Waals surface area contributed by atoms with Crippen LogP contribution in [0.2, 0.25) is 5.28 Å². The van der Waals surface area contributed by atoms with Gasteiger partial charge in [-0.05, 0) is 54.4 Å². The molecule has 6 N–H and O–H groups in total. The maximum absolute atomic E-state index is 11.7. The fraction of sp³-hybridized carbons (Fsp3) is 0.200. The Morgan fingerprint density at radius 2 is 1.72 bits per heavy atom. The second-order valence-electron chi connectivity index (χ2n) is 7.93. The van der Waals surface area contributed by atoms with Gasteiger partial charge in [0.1, 0.15) is 16.3 Å². The van der Waals surface area contributed by atoms with Crippen molar-refractivity contribution in [1.82, 2.24) is 15.0 Å². The molecule has 3 rings (SSSR count). The topological polar surface area (TPSA) is 243 Å². The molecule has 0 spiro atoms. The summed E-state index contributed by atoms with van der Waals surface area (Å²) in [5.74, 6) is -0.600. The van der Waals surface area contributed by atoms with Gasteiger partial charge in [-0.3, -0.25) is 9.11 Å². The number of anilines is 4. The van der Waals surface area contributed by atoms with Crippen molar-refractivity contribution < 1.29 is 30.7 Å². The molecule has 0 aliphatic carbocycles. The maximum atomic E-state index is 11.7. The van der Waals surface area contributed by atoms with Crippen molar-refractivity contribution in [1.29, 1.82) is 0 Å². The molecular weight excluding hydrogens is 578 g/mol. The summed E-state index contributed by atoms with van der Waals surface area (Å²) in [5, 5.41) is 12.9. The minimum atomic E-state index is -4.58. The molecule has 39 heavy (non-hydrogen) atoms. The number of benzene rings is 2. The molecule has 2 amide bonds. The van der Waals surface area contributed by atoms with Gasteiger partial charge in [-0.15, -0.1) is 10.2 Å². The van der Waals surface area contributed by atoms with Crippen LogP contribution >= 0.6 is 11.6 Å². The number of hydrogen-bond donors (Lipinski definition) is 5. The van der Waals surface area contributed by atoms with Gasteiger partial charge in [-0.2, -0.15) is 31.8 Å². The standard InChI is InChI=1S/C20H22ClN9O7S2/c1-11-3-5-14(16(9-11)39(35,36)37)29-28-13-6-4-12(10-15(13)24-18(22)31)23-19-25-17(21)26-20(27-19)30(2)7-8-38(32,33)34/h3-6,9-10H,7-8H2,1-2H3,(H3,22,24,31)(H,32,33,34)(H,35,36,37)(H,23,25,26,27)/b29-28+. The molecule has 1 heterocycles. The van der Waals surface area contributed by atoms with Crippen molar-refractivity contribution in [3.63, 3.8) is 0 Å². The van der Waals surface area contributed by atoms with Gasteiger partial charge >= 0.3 is 6.03 Å². The second-order valence-corrected chi connectivity index (χ2v) is 11.2. The molecule has 16 nitrogen and oxygen atoms in total. The monoisotopic (exact) mass is 599 g/mol. The zero-order valence-electron chi connectivity index (χ0n) is 20.3. The number of aromatic nitrogens is 3. The predicted octanol–water partition coefficient (Wildman–Crippen LogP) is 3.05. The zero-order valence-corrected chi connectivity index (χ0v) is 22.7. The van der Waals surface area contributed by atoms with E-state index in [0.717, 1.165) is 0 Å². The number of carbonyl (C=O) groups excluding carboxylic acids is 1. The summed E-state index contributed by atoms with van der Waals surface area (Å²) in [6, 6.07) is 7.55.